The van der Waals surface area contributed by atoms with E-state index in [1.54, 1.807) is 0 Å². The summed E-state index contributed by atoms with van der Waals surface area (Å²) in [4.78, 5) is 2.14. The highest BCUT2D eigenvalue weighted by Gasteiger charge is 2.17. The van der Waals surface area contributed by atoms with Crippen LogP contribution in [0.4, 0.5) is 0 Å². The summed E-state index contributed by atoms with van der Waals surface area (Å²) < 4.78 is 0. The molecule has 1 saturated carbocycles. The zero-order chi connectivity index (χ0) is 10.6. The van der Waals surface area contributed by atoms with Crippen molar-refractivity contribution in [2.45, 2.75) is 46.0 Å². The van der Waals surface area contributed by atoms with Crippen LogP contribution < -0.4 is 0 Å². The number of nitrogens with zero attached hydrogens (tertiary/aromatic N) is 1. The van der Waals surface area contributed by atoms with E-state index < -0.39 is 0 Å². The van der Waals surface area contributed by atoms with Crippen molar-refractivity contribution >= 4 is 5.84 Å². The van der Waals surface area contributed by atoms with E-state index >= 15 is 0 Å². The van der Waals surface area contributed by atoms with Crippen LogP contribution in [0, 0.1) is 17.2 Å². The molecule has 0 aromatic carbocycles. The van der Waals surface area contributed by atoms with Crippen LogP contribution in [0.1, 0.15) is 46.0 Å². The van der Waals surface area contributed by atoms with Gasteiger partial charge in [0, 0.05) is 19.5 Å². The maximum Gasteiger partial charge on any atom is 0.0981 e. The van der Waals surface area contributed by atoms with E-state index in [1.165, 1.54) is 32.1 Å². The second-order valence-electron chi connectivity index (χ2n) is 4.92. The third-order valence-corrected chi connectivity index (χ3v) is 3.21. The molecule has 14 heavy (non-hydrogen) atoms. The SMILES string of the molecule is CC(C)C(=N)N(C)CC1CCCCC1. The van der Waals surface area contributed by atoms with Crippen molar-refractivity contribution in [3.8, 4) is 0 Å². The van der Waals surface area contributed by atoms with Gasteiger partial charge < -0.3 is 4.90 Å². The number of amidine groups is 1. The highest BCUT2D eigenvalue weighted by Crippen LogP contribution is 2.24. The Hall–Kier alpha value is -0.530. The molecule has 2 nitrogen and oxygen atoms in total. The zero-order valence-corrected chi connectivity index (χ0v) is 9.84. The summed E-state index contributed by atoms with van der Waals surface area (Å²) >= 11 is 0. The van der Waals surface area contributed by atoms with Crippen molar-refractivity contribution in [2.24, 2.45) is 11.8 Å². The Morgan fingerprint density at radius 3 is 2.36 bits per heavy atom. The van der Waals surface area contributed by atoms with Gasteiger partial charge in [-0.15, -0.1) is 0 Å². The Labute approximate surface area is 88.2 Å². The number of rotatable bonds is 3. The first-order chi connectivity index (χ1) is 6.61. The van der Waals surface area contributed by atoms with E-state index in [-0.39, 0.29) is 0 Å². The van der Waals surface area contributed by atoms with Gasteiger partial charge >= 0.3 is 0 Å². The molecule has 0 atom stereocenters. The third-order valence-electron chi connectivity index (χ3n) is 3.21. The fraction of sp³-hybridized carbons (Fsp3) is 0.917. The molecule has 0 aliphatic heterocycles. The summed E-state index contributed by atoms with van der Waals surface area (Å²) in [7, 11) is 2.07. The van der Waals surface area contributed by atoms with Gasteiger partial charge in [0.25, 0.3) is 0 Å². The first-order valence-corrected chi connectivity index (χ1v) is 5.91. The third kappa shape index (κ3) is 3.32. The maximum atomic E-state index is 7.89. The highest BCUT2D eigenvalue weighted by atomic mass is 15.1. The Balaban J connectivity index is 2.31. The van der Waals surface area contributed by atoms with Crippen LogP contribution in [0.3, 0.4) is 0 Å². The smallest absolute Gasteiger partial charge is 0.0981 e. The molecule has 0 aromatic heterocycles. The topological polar surface area (TPSA) is 27.1 Å². The normalized spacial score (nSPS) is 18.6. The van der Waals surface area contributed by atoms with Crippen LogP contribution in [0.25, 0.3) is 0 Å². The quantitative estimate of drug-likeness (QED) is 0.545. The molecular formula is C12H24N2. The summed E-state index contributed by atoms with van der Waals surface area (Å²) in [5.41, 5.74) is 0. The monoisotopic (exact) mass is 196 g/mol. The van der Waals surface area contributed by atoms with Gasteiger partial charge in [-0.3, -0.25) is 5.41 Å². The molecule has 1 N–H and O–H groups in total. The number of hydrogen-bond acceptors (Lipinski definition) is 1. The van der Waals surface area contributed by atoms with Crippen LogP contribution in [0.2, 0.25) is 0 Å². The maximum absolute atomic E-state index is 7.89. The molecule has 1 aliphatic carbocycles. The van der Waals surface area contributed by atoms with E-state index in [0.717, 1.165) is 18.3 Å². The van der Waals surface area contributed by atoms with Crippen molar-refractivity contribution in [3.63, 3.8) is 0 Å². The summed E-state index contributed by atoms with van der Waals surface area (Å²) in [5, 5.41) is 7.89. The lowest BCUT2D eigenvalue weighted by molar-refractivity contribution is 0.290. The molecule has 0 aromatic rings. The Morgan fingerprint density at radius 1 is 1.29 bits per heavy atom. The fourth-order valence-corrected chi connectivity index (χ4v) is 2.30. The molecule has 0 heterocycles. The highest BCUT2D eigenvalue weighted by molar-refractivity contribution is 5.80. The molecule has 2 heteroatoms. The van der Waals surface area contributed by atoms with Gasteiger partial charge in [-0.05, 0) is 18.8 Å². The van der Waals surface area contributed by atoms with Crippen molar-refractivity contribution in [1.29, 1.82) is 5.41 Å². The van der Waals surface area contributed by atoms with Crippen molar-refractivity contribution < 1.29 is 0 Å². The number of nitrogens with one attached hydrogen (secondary N) is 1. The number of hydrogen-bond donors (Lipinski definition) is 1. The minimum Gasteiger partial charge on any atom is -0.363 e. The van der Waals surface area contributed by atoms with Gasteiger partial charge in [-0.25, -0.2) is 0 Å². The van der Waals surface area contributed by atoms with Gasteiger partial charge in [0.1, 0.15) is 0 Å². The molecular weight excluding hydrogens is 172 g/mol. The molecule has 0 radical (unpaired) electrons. The molecule has 1 aliphatic rings. The fourth-order valence-electron chi connectivity index (χ4n) is 2.30. The van der Waals surface area contributed by atoms with Crippen LogP contribution >= 0.6 is 0 Å². The van der Waals surface area contributed by atoms with Gasteiger partial charge in [-0.1, -0.05) is 33.1 Å². The van der Waals surface area contributed by atoms with Crippen LogP contribution in [0.5, 0.6) is 0 Å². The molecule has 82 valence electrons. The van der Waals surface area contributed by atoms with Gasteiger partial charge in [0.15, 0.2) is 0 Å². The summed E-state index contributed by atoms with van der Waals surface area (Å²) in [6.45, 7) is 5.29. The van der Waals surface area contributed by atoms with Crippen molar-refractivity contribution in [2.75, 3.05) is 13.6 Å². The van der Waals surface area contributed by atoms with Gasteiger partial charge in [-0.2, -0.15) is 0 Å². The second kappa shape index (κ2) is 5.38. The molecule has 0 saturated heterocycles. The van der Waals surface area contributed by atoms with Gasteiger partial charge in [0.05, 0.1) is 5.84 Å². The van der Waals surface area contributed by atoms with Crippen molar-refractivity contribution in [1.82, 2.24) is 4.90 Å². The minimum atomic E-state index is 0.364. The van der Waals surface area contributed by atoms with E-state index in [4.69, 9.17) is 5.41 Å². The first kappa shape index (κ1) is 11.5. The summed E-state index contributed by atoms with van der Waals surface area (Å²) in [5.74, 6) is 1.99. The lowest BCUT2D eigenvalue weighted by atomic mass is 9.89. The Kier molecular flexibility index (Phi) is 4.43. The van der Waals surface area contributed by atoms with Crippen LogP contribution in [-0.4, -0.2) is 24.3 Å². The van der Waals surface area contributed by atoms with E-state index in [2.05, 4.69) is 25.8 Å². The summed E-state index contributed by atoms with van der Waals surface area (Å²) in [6, 6.07) is 0. The molecule has 0 unspecified atom stereocenters. The minimum absolute atomic E-state index is 0.364. The predicted octanol–water partition coefficient (Wildman–Crippen LogP) is 3.13. The molecule has 0 bridgehead atoms. The van der Waals surface area contributed by atoms with E-state index in [9.17, 15) is 0 Å². The summed E-state index contributed by atoms with van der Waals surface area (Å²) in [6.07, 6.45) is 6.95. The second-order valence-corrected chi connectivity index (χ2v) is 4.92. The molecule has 0 spiro atoms. The van der Waals surface area contributed by atoms with Crippen molar-refractivity contribution in [3.05, 3.63) is 0 Å². The first-order valence-electron chi connectivity index (χ1n) is 5.91. The van der Waals surface area contributed by atoms with Crippen LogP contribution in [-0.2, 0) is 0 Å². The largest absolute Gasteiger partial charge is 0.363 e. The van der Waals surface area contributed by atoms with E-state index in [1.807, 2.05) is 0 Å². The Morgan fingerprint density at radius 2 is 1.86 bits per heavy atom. The van der Waals surface area contributed by atoms with Gasteiger partial charge in [0.2, 0.25) is 0 Å². The molecule has 1 fully saturated rings. The predicted molar refractivity (Wildman–Crippen MR) is 61.8 cm³/mol. The lowest BCUT2D eigenvalue weighted by Gasteiger charge is -2.29. The van der Waals surface area contributed by atoms with Crippen LogP contribution in [0.15, 0.2) is 0 Å². The molecule has 0 amide bonds. The average molecular weight is 196 g/mol. The molecule has 1 rings (SSSR count). The van der Waals surface area contributed by atoms with E-state index in [0.29, 0.717) is 5.92 Å². The lowest BCUT2D eigenvalue weighted by Crippen LogP contribution is -2.34. The standard InChI is InChI=1S/C12H24N2/c1-10(2)12(13)14(3)9-11-7-5-4-6-8-11/h10-11,13H,4-9H2,1-3H3. The average Bonchev–Trinajstić information content (AvgIpc) is 2.18. The zero-order valence-electron chi connectivity index (χ0n) is 9.84. The Bertz CT molecular complexity index is 181.